The molecule has 2 N–H and O–H groups in total. The Bertz CT molecular complexity index is 1040. The van der Waals surface area contributed by atoms with Gasteiger partial charge in [0.15, 0.2) is 6.61 Å². The average molecular weight is 465 g/mol. The first-order valence-electron chi connectivity index (χ1n) is 10.1. The van der Waals surface area contributed by atoms with E-state index in [0.717, 1.165) is 28.3 Å². The molecule has 11 heteroatoms. The van der Waals surface area contributed by atoms with Crippen molar-refractivity contribution in [2.75, 3.05) is 25.6 Å². The monoisotopic (exact) mass is 464 g/mol. The number of aromatic nitrogens is 2. The summed E-state index contributed by atoms with van der Waals surface area (Å²) in [7, 11) is 3.30. The molecule has 174 valence electrons. The standard InChI is InChI=1S/C21H28N4O6S/c1-7-30-21(29)17-11(2)18(19(28)22-5)32-20(17)23-15(26)10-31-16(27)9-8-14-12(3)24-25(6)13(14)4/h7-10H2,1-6H3,(H,22,28)(H,23,26). The summed E-state index contributed by atoms with van der Waals surface area (Å²) in [5, 5.41) is 9.52. The quantitative estimate of drug-likeness (QED) is 0.544. The number of hydrogen-bond donors (Lipinski definition) is 2. The molecule has 32 heavy (non-hydrogen) atoms. The number of nitrogens with zero attached hydrogens (tertiary/aromatic N) is 2. The van der Waals surface area contributed by atoms with Crippen molar-refractivity contribution >= 4 is 40.1 Å². The molecule has 0 aliphatic rings. The summed E-state index contributed by atoms with van der Waals surface area (Å²) in [5.74, 6) is -2.18. The largest absolute Gasteiger partial charge is 0.462 e. The highest BCUT2D eigenvalue weighted by Crippen LogP contribution is 2.33. The van der Waals surface area contributed by atoms with Crippen molar-refractivity contribution in [1.29, 1.82) is 0 Å². The maximum atomic E-state index is 12.3. The molecule has 0 saturated heterocycles. The predicted octanol–water partition coefficient (Wildman–Crippen LogP) is 2.06. The van der Waals surface area contributed by atoms with E-state index in [1.807, 2.05) is 20.9 Å². The Labute approximate surface area is 190 Å². The van der Waals surface area contributed by atoms with E-state index in [0.29, 0.717) is 12.0 Å². The number of carbonyl (C=O) groups excluding carboxylic acids is 4. The number of thiophene rings is 1. The van der Waals surface area contributed by atoms with Crippen LogP contribution in [0.15, 0.2) is 0 Å². The minimum atomic E-state index is -0.647. The third-order valence-corrected chi connectivity index (χ3v) is 6.12. The molecule has 0 spiro atoms. The number of anilines is 1. The fraction of sp³-hybridized carbons (Fsp3) is 0.476. The lowest BCUT2D eigenvalue weighted by Gasteiger charge is -2.08. The van der Waals surface area contributed by atoms with E-state index < -0.39 is 24.5 Å². The van der Waals surface area contributed by atoms with Crippen molar-refractivity contribution in [2.45, 2.75) is 40.5 Å². The van der Waals surface area contributed by atoms with Crippen molar-refractivity contribution in [3.05, 3.63) is 33.0 Å². The summed E-state index contributed by atoms with van der Waals surface area (Å²) in [5.41, 5.74) is 3.31. The van der Waals surface area contributed by atoms with E-state index in [-0.39, 0.29) is 34.4 Å². The van der Waals surface area contributed by atoms with Gasteiger partial charge in [0.05, 0.1) is 22.7 Å². The molecule has 2 rings (SSSR count). The topological polar surface area (TPSA) is 129 Å². The molecule has 0 atom stereocenters. The van der Waals surface area contributed by atoms with Gasteiger partial charge in [0.1, 0.15) is 5.00 Å². The summed E-state index contributed by atoms with van der Waals surface area (Å²) >= 11 is 0.954. The Morgan fingerprint density at radius 1 is 1.12 bits per heavy atom. The Kier molecular flexibility index (Phi) is 8.53. The molecule has 2 heterocycles. The van der Waals surface area contributed by atoms with Crippen LogP contribution < -0.4 is 10.6 Å². The van der Waals surface area contributed by atoms with Gasteiger partial charge >= 0.3 is 11.9 Å². The third kappa shape index (κ3) is 5.72. The number of aryl methyl sites for hydroxylation is 2. The number of carbonyl (C=O) groups is 4. The first-order valence-corrected chi connectivity index (χ1v) is 10.9. The number of ether oxygens (including phenoxy) is 2. The first kappa shape index (κ1) is 25.1. The van der Waals surface area contributed by atoms with Crippen LogP contribution in [0.4, 0.5) is 5.00 Å². The molecule has 0 aromatic carbocycles. The van der Waals surface area contributed by atoms with Crippen LogP contribution in [0.3, 0.4) is 0 Å². The number of amides is 2. The predicted molar refractivity (Wildman–Crippen MR) is 119 cm³/mol. The minimum absolute atomic E-state index is 0.105. The number of esters is 2. The van der Waals surface area contributed by atoms with Crippen LogP contribution in [0, 0.1) is 20.8 Å². The van der Waals surface area contributed by atoms with Crippen molar-refractivity contribution < 1.29 is 28.7 Å². The van der Waals surface area contributed by atoms with Crippen LogP contribution >= 0.6 is 11.3 Å². The molecule has 0 unspecified atom stereocenters. The van der Waals surface area contributed by atoms with Crippen LogP contribution in [0.5, 0.6) is 0 Å². The van der Waals surface area contributed by atoms with Gasteiger partial charge in [-0.3, -0.25) is 19.1 Å². The summed E-state index contributed by atoms with van der Waals surface area (Å²) in [6.45, 7) is 6.68. The third-order valence-electron chi connectivity index (χ3n) is 4.91. The normalized spacial score (nSPS) is 10.6. The molecule has 10 nitrogen and oxygen atoms in total. The Balaban J connectivity index is 2.01. The Morgan fingerprint density at radius 2 is 1.81 bits per heavy atom. The lowest BCUT2D eigenvalue weighted by Crippen LogP contribution is -2.22. The van der Waals surface area contributed by atoms with Gasteiger partial charge < -0.3 is 20.1 Å². The first-order chi connectivity index (χ1) is 15.1. The molecule has 0 aliphatic heterocycles. The fourth-order valence-corrected chi connectivity index (χ4v) is 4.33. The fourth-order valence-electron chi connectivity index (χ4n) is 3.17. The van der Waals surface area contributed by atoms with Gasteiger partial charge in [-0.25, -0.2) is 4.79 Å². The van der Waals surface area contributed by atoms with Crippen LogP contribution in [0.25, 0.3) is 0 Å². The van der Waals surface area contributed by atoms with Crippen molar-refractivity contribution in [3.8, 4) is 0 Å². The molecule has 0 aliphatic carbocycles. The highest BCUT2D eigenvalue weighted by Gasteiger charge is 2.26. The summed E-state index contributed by atoms with van der Waals surface area (Å²) in [6, 6.07) is 0. The second kappa shape index (κ2) is 10.9. The van der Waals surface area contributed by atoms with Crippen LogP contribution in [-0.4, -0.2) is 53.8 Å². The molecular formula is C21H28N4O6S. The SMILES string of the molecule is CCOC(=O)c1c(NC(=O)COC(=O)CCc2c(C)nn(C)c2C)sc(C(=O)NC)c1C. The maximum absolute atomic E-state index is 12.3. The van der Waals surface area contributed by atoms with Gasteiger partial charge in [-0.15, -0.1) is 11.3 Å². The lowest BCUT2D eigenvalue weighted by atomic mass is 10.1. The second-order valence-electron chi connectivity index (χ2n) is 7.04. The molecule has 0 radical (unpaired) electrons. The van der Waals surface area contributed by atoms with Gasteiger partial charge in [0.25, 0.3) is 11.8 Å². The molecule has 0 saturated carbocycles. The molecule has 2 amide bonds. The molecule has 2 aromatic rings. The van der Waals surface area contributed by atoms with Crippen LogP contribution in [0.1, 0.15) is 55.9 Å². The van der Waals surface area contributed by atoms with Crippen LogP contribution in [-0.2, 0) is 32.5 Å². The van der Waals surface area contributed by atoms with Gasteiger partial charge in [0, 0.05) is 26.2 Å². The highest BCUT2D eigenvalue weighted by molar-refractivity contribution is 7.18. The average Bonchev–Trinajstić information content (AvgIpc) is 3.19. The van der Waals surface area contributed by atoms with Crippen molar-refractivity contribution in [3.63, 3.8) is 0 Å². The van der Waals surface area contributed by atoms with E-state index in [1.54, 1.807) is 18.5 Å². The summed E-state index contributed by atoms with van der Waals surface area (Å²) < 4.78 is 11.9. The Morgan fingerprint density at radius 3 is 2.38 bits per heavy atom. The summed E-state index contributed by atoms with van der Waals surface area (Å²) in [6.07, 6.45) is 0.562. The maximum Gasteiger partial charge on any atom is 0.341 e. The second-order valence-corrected chi connectivity index (χ2v) is 8.06. The minimum Gasteiger partial charge on any atom is -0.462 e. The van der Waals surface area contributed by atoms with Crippen molar-refractivity contribution in [2.24, 2.45) is 7.05 Å². The van der Waals surface area contributed by atoms with E-state index in [4.69, 9.17) is 9.47 Å². The van der Waals surface area contributed by atoms with E-state index in [1.165, 1.54) is 7.05 Å². The van der Waals surface area contributed by atoms with E-state index >= 15 is 0 Å². The molecule has 0 fully saturated rings. The molecule has 0 bridgehead atoms. The number of rotatable bonds is 9. The zero-order valence-corrected chi connectivity index (χ0v) is 19.9. The zero-order valence-electron chi connectivity index (χ0n) is 19.1. The lowest BCUT2D eigenvalue weighted by molar-refractivity contribution is -0.147. The highest BCUT2D eigenvalue weighted by atomic mass is 32.1. The molecular weight excluding hydrogens is 436 g/mol. The smallest absolute Gasteiger partial charge is 0.341 e. The zero-order chi connectivity index (χ0) is 24.0. The van der Waals surface area contributed by atoms with E-state index in [2.05, 4.69) is 15.7 Å². The van der Waals surface area contributed by atoms with Gasteiger partial charge in [-0.2, -0.15) is 5.10 Å². The summed E-state index contributed by atoms with van der Waals surface area (Å²) in [4.78, 5) is 49.1. The molecule has 2 aromatic heterocycles. The van der Waals surface area contributed by atoms with E-state index in [9.17, 15) is 19.2 Å². The van der Waals surface area contributed by atoms with Gasteiger partial charge in [-0.1, -0.05) is 0 Å². The van der Waals surface area contributed by atoms with Gasteiger partial charge in [0.2, 0.25) is 0 Å². The van der Waals surface area contributed by atoms with Crippen molar-refractivity contribution in [1.82, 2.24) is 15.1 Å². The number of nitrogens with one attached hydrogen (secondary N) is 2. The van der Waals surface area contributed by atoms with Gasteiger partial charge in [-0.05, 0) is 45.2 Å². The number of hydrogen-bond acceptors (Lipinski definition) is 8. The van der Waals surface area contributed by atoms with Crippen LogP contribution in [0.2, 0.25) is 0 Å². The Hall–Kier alpha value is -3.21.